The van der Waals surface area contributed by atoms with Crippen molar-refractivity contribution in [2.24, 2.45) is 17.8 Å². The SMILES string of the molecule is CC(C)C1NC(C2CCCC2)N(CC2CCSCC2)C1=O. The van der Waals surface area contributed by atoms with Gasteiger partial charge in [-0.25, -0.2) is 0 Å². The van der Waals surface area contributed by atoms with E-state index in [4.69, 9.17) is 0 Å². The minimum Gasteiger partial charge on any atom is -0.325 e. The van der Waals surface area contributed by atoms with Crippen molar-refractivity contribution < 1.29 is 4.79 Å². The van der Waals surface area contributed by atoms with E-state index in [1.807, 2.05) is 0 Å². The summed E-state index contributed by atoms with van der Waals surface area (Å²) in [6.07, 6.45) is 8.19. The largest absolute Gasteiger partial charge is 0.325 e. The van der Waals surface area contributed by atoms with Crippen molar-refractivity contribution in [2.45, 2.75) is 64.6 Å². The standard InChI is InChI=1S/C17H30N2OS/c1-12(2)15-17(20)19(11-13-7-9-21-10-8-13)16(18-15)14-5-3-4-6-14/h12-16,18H,3-11H2,1-2H3. The Balaban J connectivity index is 1.70. The number of amides is 1. The first kappa shape index (κ1) is 15.7. The van der Waals surface area contributed by atoms with Crippen molar-refractivity contribution in [1.82, 2.24) is 10.2 Å². The summed E-state index contributed by atoms with van der Waals surface area (Å²) in [6.45, 7) is 5.33. The monoisotopic (exact) mass is 310 g/mol. The van der Waals surface area contributed by atoms with Gasteiger partial charge in [0.15, 0.2) is 0 Å². The maximum absolute atomic E-state index is 12.8. The number of carbonyl (C=O) groups excluding carboxylic acids is 1. The van der Waals surface area contributed by atoms with Gasteiger partial charge in [-0.1, -0.05) is 26.7 Å². The Morgan fingerprint density at radius 3 is 2.48 bits per heavy atom. The summed E-state index contributed by atoms with van der Waals surface area (Å²) in [6, 6.07) is 0.0496. The van der Waals surface area contributed by atoms with Crippen LogP contribution < -0.4 is 5.32 Å². The summed E-state index contributed by atoms with van der Waals surface area (Å²) >= 11 is 2.07. The van der Waals surface area contributed by atoms with Crippen LogP contribution in [0.5, 0.6) is 0 Å². The van der Waals surface area contributed by atoms with Gasteiger partial charge in [0.2, 0.25) is 5.91 Å². The van der Waals surface area contributed by atoms with Crippen LogP contribution in [-0.2, 0) is 4.79 Å². The molecular weight excluding hydrogens is 280 g/mol. The van der Waals surface area contributed by atoms with Crippen LogP contribution in [0.3, 0.4) is 0 Å². The van der Waals surface area contributed by atoms with E-state index >= 15 is 0 Å². The fourth-order valence-corrected chi connectivity index (χ4v) is 5.42. The first-order valence-electron chi connectivity index (χ1n) is 8.81. The van der Waals surface area contributed by atoms with Crippen LogP contribution in [0.25, 0.3) is 0 Å². The second-order valence-electron chi connectivity index (χ2n) is 7.42. The van der Waals surface area contributed by atoms with Gasteiger partial charge in [-0.05, 0) is 54.9 Å². The maximum Gasteiger partial charge on any atom is 0.241 e. The molecular formula is C17H30N2OS. The molecule has 3 nitrogen and oxygen atoms in total. The molecule has 2 saturated heterocycles. The van der Waals surface area contributed by atoms with Crippen molar-refractivity contribution in [3.05, 3.63) is 0 Å². The van der Waals surface area contributed by atoms with E-state index in [1.165, 1.54) is 50.0 Å². The molecule has 0 aromatic rings. The van der Waals surface area contributed by atoms with E-state index in [1.54, 1.807) is 0 Å². The lowest BCUT2D eigenvalue weighted by Crippen LogP contribution is -2.45. The molecule has 1 N–H and O–H groups in total. The minimum atomic E-state index is 0.0496. The lowest BCUT2D eigenvalue weighted by molar-refractivity contribution is -0.132. The van der Waals surface area contributed by atoms with Gasteiger partial charge in [-0.15, -0.1) is 0 Å². The van der Waals surface area contributed by atoms with Gasteiger partial charge in [0.05, 0.1) is 12.2 Å². The summed E-state index contributed by atoms with van der Waals surface area (Å²) < 4.78 is 0. The Morgan fingerprint density at radius 1 is 1.19 bits per heavy atom. The highest BCUT2D eigenvalue weighted by Gasteiger charge is 2.44. The number of nitrogens with one attached hydrogen (secondary N) is 1. The van der Waals surface area contributed by atoms with Crippen LogP contribution in [0.4, 0.5) is 0 Å². The third-order valence-corrected chi connectivity index (χ3v) is 6.59. The molecule has 0 spiro atoms. The number of hydrogen-bond donors (Lipinski definition) is 1. The van der Waals surface area contributed by atoms with Gasteiger partial charge < -0.3 is 4.90 Å². The van der Waals surface area contributed by atoms with E-state index in [0.29, 0.717) is 23.9 Å². The van der Waals surface area contributed by atoms with Crippen molar-refractivity contribution in [1.29, 1.82) is 0 Å². The van der Waals surface area contributed by atoms with Crippen LogP contribution in [0.2, 0.25) is 0 Å². The molecule has 0 aromatic carbocycles. The topological polar surface area (TPSA) is 32.3 Å². The van der Waals surface area contributed by atoms with Crippen LogP contribution in [0.1, 0.15) is 52.4 Å². The molecule has 2 aliphatic heterocycles. The minimum absolute atomic E-state index is 0.0496. The zero-order valence-corrected chi connectivity index (χ0v) is 14.3. The average Bonchev–Trinajstić information content (AvgIpc) is 3.09. The smallest absolute Gasteiger partial charge is 0.241 e. The molecule has 2 atom stereocenters. The van der Waals surface area contributed by atoms with E-state index in [9.17, 15) is 4.79 Å². The van der Waals surface area contributed by atoms with Gasteiger partial charge in [0.1, 0.15) is 0 Å². The van der Waals surface area contributed by atoms with Crippen molar-refractivity contribution >= 4 is 17.7 Å². The van der Waals surface area contributed by atoms with Crippen LogP contribution in [0, 0.1) is 17.8 Å². The number of nitrogens with zero attached hydrogens (tertiary/aromatic N) is 1. The Hall–Kier alpha value is -0.220. The van der Waals surface area contributed by atoms with Crippen LogP contribution >= 0.6 is 11.8 Å². The lowest BCUT2D eigenvalue weighted by Gasteiger charge is -2.33. The summed E-state index contributed by atoms with van der Waals surface area (Å²) in [5.41, 5.74) is 0. The van der Waals surface area contributed by atoms with E-state index < -0.39 is 0 Å². The first-order valence-corrected chi connectivity index (χ1v) is 9.96. The summed E-state index contributed by atoms with van der Waals surface area (Å²) in [5, 5.41) is 3.69. The lowest BCUT2D eigenvalue weighted by atomic mass is 9.99. The second-order valence-corrected chi connectivity index (χ2v) is 8.65. The van der Waals surface area contributed by atoms with Crippen molar-refractivity contribution in [3.63, 3.8) is 0 Å². The van der Waals surface area contributed by atoms with Crippen LogP contribution in [0.15, 0.2) is 0 Å². The van der Waals surface area contributed by atoms with Gasteiger partial charge in [-0.2, -0.15) is 11.8 Å². The zero-order valence-electron chi connectivity index (χ0n) is 13.5. The van der Waals surface area contributed by atoms with E-state index in [-0.39, 0.29) is 6.04 Å². The Labute approximate surface area is 133 Å². The van der Waals surface area contributed by atoms with Gasteiger partial charge in [-0.3, -0.25) is 10.1 Å². The highest BCUT2D eigenvalue weighted by molar-refractivity contribution is 7.99. The molecule has 0 bridgehead atoms. The number of hydrogen-bond acceptors (Lipinski definition) is 3. The number of carbonyl (C=O) groups is 1. The fourth-order valence-electron chi connectivity index (χ4n) is 4.21. The van der Waals surface area contributed by atoms with Gasteiger partial charge >= 0.3 is 0 Å². The molecule has 3 aliphatic rings. The molecule has 1 amide bonds. The maximum atomic E-state index is 12.8. The second kappa shape index (κ2) is 6.91. The third-order valence-electron chi connectivity index (χ3n) is 5.54. The molecule has 4 heteroatoms. The molecule has 1 aliphatic carbocycles. The molecule has 0 radical (unpaired) electrons. The van der Waals surface area contributed by atoms with Gasteiger partial charge in [0.25, 0.3) is 0 Å². The Kier molecular flexibility index (Phi) is 5.15. The normalized spacial score (nSPS) is 32.5. The molecule has 2 unspecified atom stereocenters. The number of rotatable bonds is 4. The van der Waals surface area contributed by atoms with Crippen LogP contribution in [-0.4, -0.2) is 41.1 Å². The first-order chi connectivity index (χ1) is 10.2. The quantitative estimate of drug-likeness (QED) is 0.866. The van der Waals surface area contributed by atoms with E-state index in [2.05, 4.69) is 35.8 Å². The average molecular weight is 311 g/mol. The molecule has 1 saturated carbocycles. The Morgan fingerprint density at radius 2 is 1.86 bits per heavy atom. The summed E-state index contributed by atoms with van der Waals surface area (Å²) in [4.78, 5) is 15.1. The molecule has 21 heavy (non-hydrogen) atoms. The Bertz CT molecular complexity index is 362. The van der Waals surface area contributed by atoms with Crippen molar-refractivity contribution in [3.8, 4) is 0 Å². The molecule has 3 fully saturated rings. The number of thioether (sulfide) groups is 1. The third kappa shape index (κ3) is 3.42. The molecule has 0 aromatic heterocycles. The molecule has 120 valence electrons. The highest BCUT2D eigenvalue weighted by atomic mass is 32.2. The molecule has 2 heterocycles. The summed E-state index contributed by atoms with van der Waals surface area (Å²) in [7, 11) is 0. The predicted octanol–water partition coefficient (Wildman–Crippen LogP) is 3.10. The molecule has 3 rings (SSSR count). The fraction of sp³-hybridized carbons (Fsp3) is 0.941. The predicted molar refractivity (Wildman–Crippen MR) is 89.3 cm³/mol. The van der Waals surface area contributed by atoms with Gasteiger partial charge in [0, 0.05) is 6.54 Å². The van der Waals surface area contributed by atoms with E-state index in [0.717, 1.165) is 12.5 Å². The zero-order chi connectivity index (χ0) is 14.8. The highest BCUT2D eigenvalue weighted by Crippen LogP contribution is 2.34. The summed E-state index contributed by atoms with van der Waals surface area (Å²) in [5.74, 6) is 4.75. The van der Waals surface area contributed by atoms with Crippen molar-refractivity contribution in [2.75, 3.05) is 18.1 Å².